The molecule has 1 aliphatic heterocycles. The van der Waals surface area contributed by atoms with Crippen LogP contribution in [0.4, 0.5) is 0 Å². The van der Waals surface area contributed by atoms with Crippen molar-refractivity contribution >= 4 is 82.9 Å². The van der Waals surface area contributed by atoms with Gasteiger partial charge in [0, 0.05) is 8.95 Å². The minimum atomic E-state index is -0.201. The Balaban J connectivity index is 1.74. The first-order chi connectivity index (χ1) is 13.0. The number of nitrogens with zero attached hydrogens (tertiary/aromatic N) is 2. The third-order valence-electron chi connectivity index (χ3n) is 3.43. The van der Waals surface area contributed by atoms with Gasteiger partial charge in [-0.1, -0.05) is 31.9 Å². The first-order valence-corrected chi connectivity index (χ1v) is 10.8. The second kappa shape index (κ2) is 9.18. The van der Waals surface area contributed by atoms with Crippen molar-refractivity contribution in [2.75, 3.05) is 7.11 Å². The summed E-state index contributed by atoms with van der Waals surface area (Å²) in [5.74, 6) is 0.540. The molecule has 0 bridgehead atoms. The van der Waals surface area contributed by atoms with Crippen molar-refractivity contribution in [2.45, 2.75) is 0 Å². The number of halogens is 3. The number of amides is 1. The Bertz CT molecular complexity index is 990. The van der Waals surface area contributed by atoms with Gasteiger partial charge in [0.2, 0.25) is 0 Å². The predicted molar refractivity (Wildman–Crippen MR) is 121 cm³/mol. The number of carbonyl (C=O) groups is 1. The van der Waals surface area contributed by atoms with Crippen molar-refractivity contribution in [1.82, 2.24) is 5.32 Å². The zero-order valence-electron chi connectivity index (χ0n) is 13.9. The number of hydrogen-bond donors (Lipinski definition) is 1. The molecule has 1 N–H and O–H groups in total. The molecule has 0 atom stereocenters. The van der Waals surface area contributed by atoms with Crippen LogP contribution in [0, 0.1) is 0 Å². The summed E-state index contributed by atoms with van der Waals surface area (Å²) in [5.41, 5.74) is 1.75. The molecule has 1 aliphatic rings. The fourth-order valence-corrected chi connectivity index (χ4v) is 4.22. The Labute approximate surface area is 185 Å². The van der Waals surface area contributed by atoms with E-state index in [1.165, 1.54) is 11.8 Å². The van der Waals surface area contributed by atoms with Crippen LogP contribution < -0.4 is 10.1 Å². The van der Waals surface area contributed by atoms with Crippen LogP contribution in [0.2, 0.25) is 0 Å². The predicted octanol–water partition coefficient (Wildman–Crippen LogP) is 5.58. The molecule has 1 saturated heterocycles. The van der Waals surface area contributed by atoms with E-state index in [2.05, 4.69) is 63.3 Å². The topological polar surface area (TPSA) is 63.1 Å². The maximum absolute atomic E-state index is 12.2. The lowest BCUT2D eigenvalue weighted by Gasteiger charge is -2.02. The maximum atomic E-state index is 12.2. The maximum Gasteiger partial charge on any atom is 0.264 e. The first-order valence-electron chi connectivity index (χ1n) is 7.57. The lowest BCUT2D eigenvalue weighted by molar-refractivity contribution is -0.115. The van der Waals surface area contributed by atoms with Crippen molar-refractivity contribution < 1.29 is 9.53 Å². The van der Waals surface area contributed by atoms with E-state index in [4.69, 9.17) is 4.74 Å². The van der Waals surface area contributed by atoms with Gasteiger partial charge in [-0.25, -0.2) is 0 Å². The van der Waals surface area contributed by atoms with Gasteiger partial charge in [0.15, 0.2) is 5.17 Å². The van der Waals surface area contributed by atoms with E-state index in [9.17, 15) is 4.79 Å². The molecule has 27 heavy (non-hydrogen) atoms. The molecule has 1 amide bonds. The van der Waals surface area contributed by atoms with Gasteiger partial charge in [0.05, 0.1) is 22.7 Å². The molecule has 1 fully saturated rings. The summed E-state index contributed by atoms with van der Waals surface area (Å²) in [5, 5.41) is 11.3. The minimum Gasteiger partial charge on any atom is -0.496 e. The average molecular weight is 574 g/mol. The van der Waals surface area contributed by atoms with Crippen molar-refractivity contribution in [3.8, 4) is 5.75 Å². The zero-order chi connectivity index (χ0) is 19.4. The summed E-state index contributed by atoms with van der Waals surface area (Å²) in [6.07, 6.45) is 3.41. The standard InChI is InChI=1S/C18H12Br3N3O2S/c1-26-15-5-2-10(6-14(15)21)9-22-24-18-23-17(25)16(27-18)8-11-7-12(19)3-4-13(11)20/h2-9H,1H3,(H,23,24,25). The summed E-state index contributed by atoms with van der Waals surface area (Å²) >= 11 is 11.6. The van der Waals surface area contributed by atoms with E-state index < -0.39 is 0 Å². The van der Waals surface area contributed by atoms with Crippen LogP contribution in [-0.2, 0) is 4.79 Å². The van der Waals surface area contributed by atoms with Gasteiger partial charge in [-0.2, -0.15) is 5.10 Å². The SMILES string of the molecule is COc1ccc(C=NN=C2NC(=O)C(=Cc3cc(Br)ccc3Br)S2)cc1Br. The number of amidine groups is 1. The van der Waals surface area contributed by atoms with E-state index in [1.807, 2.05) is 42.5 Å². The van der Waals surface area contributed by atoms with E-state index in [1.54, 1.807) is 13.3 Å². The summed E-state index contributed by atoms with van der Waals surface area (Å²) in [6, 6.07) is 11.3. The van der Waals surface area contributed by atoms with Crippen LogP contribution >= 0.6 is 59.6 Å². The normalized spacial score (nSPS) is 17.1. The fraction of sp³-hybridized carbons (Fsp3) is 0.0556. The molecule has 2 aromatic carbocycles. The number of carbonyl (C=O) groups excluding carboxylic acids is 1. The second-order valence-electron chi connectivity index (χ2n) is 5.27. The molecule has 9 heteroatoms. The minimum absolute atomic E-state index is 0.201. The highest BCUT2D eigenvalue weighted by Crippen LogP contribution is 2.30. The zero-order valence-corrected chi connectivity index (χ0v) is 19.4. The van der Waals surface area contributed by atoms with Crippen LogP contribution in [-0.4, -0.2) is 24.4 Å². The molecule has 0 aliphatic carbocycles. The lowest BCUT2D eigenvalue weighted by Crippen LogP contribution is -2.19. The van der Waals surface area contributed by atoms with Gasteiger partial charge in [0.1, 0.15) is 5.75 Å². The molecule has 0 radical (unpaired) electrons. The van der Waals surface area contributed by atoms with Crippen LogP contribution in [0.5, 0.6) is 5.75 Å². The molecule has 2 aromatic rings. The molecule has 138 valence electrons. The largest absolute Gasteiger partial charge is 0.496 e. The van der Waals surface area contributed by atoms with Crippen molar-refractivity contribution in [3.05, 3.63) is 65.8 Å². The van der Waals surface area contributed by atoms with Gasteiger partial charge in [0.25, 0.3) is 5.91 Å². The van der Waals surface area contributed by atoms with Crippen LogP contribution in [0.3, 0.4) is 0 Å². The molecule has 0 spiro atoms. The highest BCUT2D eigenvalue weighted by Gasteiger charge is 2.24. The quantitative estimate of drug-likeness (QED) is 0.295. The summed E-state index contributed by atoms with van der Waals surface area (Å²) in [6.45, 7) is 0. The Hall–Kier alpha value is -1.42. The van der Waals surface area contributed by atoms with Gasteiger partial charge in [-0.3, -0.25) is 10.1 Å². The van der Waals surface area contributed by atoms with Crippen molar-refractivity contribution in [1.29, 1.82) is 0 Å². The van der Waals surface area contributed by atoms with Crippen LogP contribution in [0.25, 0.3) is 6.08 Å². The molecule has 3 rings (SSSR count). The van der Waals surface area contributed by atoms with Crippen LogP contribution in [0.1, 0.15) is 11.1 Å². The van der Waals surface area contributed by atoms with Crippen LogP contribution in [0.15, 0.2) is 64.9 Å². The third kappa shape index (κ3) is 5.31. The molecule has 0 aromatic heterocycles. The summed E-state index contributed by atoms with van der Waals surface area (Å²) in [4.78, 5) is 12.7. The average Bonchev–Trinajstić information content (AvgIpc) is 2.98. The number of benzene rings is 2. The van der Waals surface area contributed by atoms with E-state index >= 15 is 0 Å². The van der Waals surface area contributed by atoms with Crippen molar-refractivity contribution in [2.24, 2.45) is 10.2 Å². The smallest absolute Gasteiger partial charge is 0.264 e. The first kappa shape index (κ1) is 20.3. The van der Waals surface area contributed by atoms with E-state index in [0.717, 1.165) is 30.3 Å². The van der Waals surface area contributed by atoms with Gasteiger partial charge in [-0.15, -0.1) is 5.10 Å². The Morgan fingerprint density at radius 3 is 2.67 bits per heavy atom. The second-order valence-corrected chi connectivity index (χ2v) is 8.93. The molecular weight excluding hydrogens is 562 g/mol. The Morgan fingerprint density at radius 1 is 1.11 bits per heavy atom. The highest BCUT2D eigenvalue weighted by molar-refractivity contribution is 9.11. The number of rotatable bonds is 4. The number of thioether (sulfide) groups is 1. The Morgan fingerprint density at radius 2 is 1.93 bits per heavy atom. The number of ether oxygens (including phenoxy) is 1. The molecule has 5 nitrogen and oxygen atoms in total. The third-order valence-corrected chi connectivity index (χ3v) is 6.16. The Kier molecular flexibility index (Phi) is 6.91. The lowest BCUT2D eigenvalue weighted by atomic mass is 10.2. The molecule has 0 saturated carbocycles. The molecular formula is C18H12Br3N3O2S. The summed E-state index contributed by atoms with van der Waals surface area (Å²) in [7, 11) is 1.61. The number of nitrogens with one attached hydrogen (secondary N) is 1. The van der Waals surface area contributed by atoms with Gasteiger partial charge in [-0.05, 0) is 81.3 Å². The van der Waals surface area contributed by atoms with Gasteiger partial charge < -0.3 is 4.74 Å². The number of hydrogen-bond acceptors (Lipinski definition) is 5. The number of methoxy groups -OCH3 is 1. The monoisotopic (exact) mass is 571 g/mol. The highest BCUT2D eigenvalue weighted by atomic mass is 79.9. The van der Waals surface area contributed by atoms with E-state index in [0.29, 0.717) is 10.1 Å². The van der Waals surface area contributed by atoms with E-state index in [-0.39, 0.29) is 5.91 Å². The fourth-order valence-electron chi connectivity index (χ4n) is 2.15. The summed E-state index contributed by atoms with van der Waals surface area (Å²) < 4.78 is 7.86. The molecule has 0 unspecified atom stereocenters. The van der Waals surface area contributed by atoms with Crippen molar-refractivity contribution in [3.63, 3.8) is 0 Å². The molecule has 1 heterocycles. The van der Waals surface area contributed by atoms with Gasteiger partial charge >= 0.3 is 0 Å².